The number of ether oxygens (including phenoxy) is 3. The quantitative estimate of drug-likeness (QED) is 0.193. The number of hydrogen-bond acceptors (Lipinski definition) is 5. The summed E-state index contributed by atoms with van der Waals surface area (Å²) < 4.78 is 17.0. The minimum atomic E-state index is -0.976. The Kier molecular flexibility index (Phi) is 14.6. The smallest absolute Gasteiger partial charge is 0.333 e. The normalized spacial score (nSPS) is 14.4. The van der Waals surface area contributed by atoms with Crippen molar-refractivity contribution < 1.29 is 28.9 Å². The summed E-state index contributed by atoms with van der Waals surface area (Å²) in [5.41, 5.74) is 1.78. The van der Waals surface area contributed by atoms with Gasteiger partial charge in [0.15, 0.2) is 6.10 Å². The van der Waals surface area contributed by atoms with Crippen molar-refractivity contribution in [1.82, 2.24) is 10.2 Å². The summed E-state index contributed by atoms with van der Waals surface area (Å²) in [6.45, 7) is 4.51. The number of unbranched alkanes of at least 4 members (excludes halogenated alkanes) is 1. The van der Waals surface area contributed by atoms with Crippen molar-refractivity contribution in [2.24, 2.45) is 0 Å². The number of carbonyl (C=O) groups excluding carboxylic acids is 1. The lowest BCUT2D eigenvalue weighted by Crippen LogP contribution is -2.47. The SMILES string of the molecule is CCOC(Cc1ccc(OCCN(CCCCOCc2cc(Cl)cc(Cl)c2)C(=O)NC2CCCCC2)cc1)C(=O)O. The second kappa shape index (κ2) is 18.1. The highest BCUT2D eigenvalue weighted by atomic mass is 35.5. The largest absolute Gasteiger partial charge is 0.492 e. The first kappa shape index (κ1) is 33.0. The van der Waals surface area contributed by atoms with E-state index in [0.717, 1.165) is 49.7 Å². The number of hydrogen-bond donors (Lipinski definition) is 2. The molecule has 2 N–H and O–H groups in total. The summed E-state index contributed by atoms with van der Waals surface area (Å²) in [4.78, 5) is 26.3. The molecular formula is C31H42Cl2N2O6. The monoisotopic (exact) mass is 608 g/mol. The van der Waals surface area contributed by atoms with Gasteiger partial charge in [-0.2, -0.15) is 0 Å². The highest BCUT2D eigenvalue weighted by Crippen LogP contribution is 2.20. The van der Waals surface area contributed by atoms with Crippen molar-refractivity contribution in [3.8, 4) is 5.75 Å². The third-order valence-corrected chi connectivity index (χ3v) is 7.43. The van der Waals surface area contributed by atoms with Gasteiger partial charge >= 0.3 is 12.0 Å². The highest BCUT2D eigenvalue weighted by Gasteiger charge is 2.20. The van der Waals surface area contributed by atoms with Gasteiger partial charge in [-0.25, -0.2) is 9.59 Å². The molecule has 3 rings (SSSR count). The molecule has 0 bridgehead atoms. The standard InChI is InChI=1S/C31H42Cl2N2O6/c1-2-40-29(30(36)37)20-23-10-12-28(13-11-23)41-17-15-35(31(38)34-27-8-4-3-5-9-27)14-6-7-16-39-22-24-18-25(32)21-26(33)19-24/h10-13,18-19,21,27,29H,2-9,14-17,20,22H2,1H3,(H,34,38)(H,36,37). The lowest BCUT2D eigenvalue weighted by molar-refractivity contribution is -0.149. The predicted molar refractivity (Wildman–Crippen MR) is 161 cm³/mol. The first-order valence-corrected chi connectivity index (χ1v) is 15.2. The number of carbonyl (C=O) groups is 2. The number of urea groups is 1. The zero-order valence-corrected chi connectivity index (χ0v) is 25.3. The Morgan fingerprint density at radius 2 is 1.68 bits per heavy atom. The van der Waals surface area contributed by atoms with E-state index in [-0.39, 0.29) is 18.5 Å². The Morgan fingerprint density at radius 1 is 0.976 bits per heavy atom. The van der Waals surface area contributed by atoms with Crippen LogP contribution in [0.2, 0.25) is 10.0 Å². The molecular weight excluding hydrogens is 567 g/mol. The first-order chi connectivity index (χ1) is 19.8. The predicted octanol–water partition coefficient (Wildman–Crippen LogP) is 6.75. The summed E-state index contributed by atoms with van der Waals surface area (Å²) in [5.74, 6) is -0.310. The zero-order valence-electron chi connectivity index (χ0n) is 23.8. The van der Waals surface area contributed by atoms with Gasteiger partial charge in [0.25, 0.3) is 0 Å². The fourth-order valence-corrected chi connectivity index (χ4v) is 5.42. The van der Waals surface area contributed by atoms with Crippen LogP contribution >= 0.6 is 23.2 Å². The van der Waals surface area contributed by atoms with Crippen molar-refractivity contribution in [2.75, 3.05) is 32.9 Å². The summed E-state index contributed by atoms with van der Waals surface area (Å²) in [5, 5.41) is 13.7. The van der Waals surface area contributed by atoms with Gasteiger partial charge in [-0.15, -0.1) is 0 Å². The van der Waals surface area contributed by atoms with Gasteiger partial charge in [0, 0.05) is 42.3 Å². The molecule has 8 nitrogen and oxygen atoms in total. The Labute approximate surface area is 253 Å². The Balaban J connectivity index is 1.45. The van der Waals surface area contributed by atoms with Crippen molar-refractivity contribution in [3.63, 3.8) is 0 Å². The molecule has 2 aromatic rings. The van der Waals surface area contributed by atoms with E-state index < -0.39 is 12.1 Å². The van der Waals surface area contributed by atoms with Gasteiger partial charge in [0.05, 0.1) is 13.2 Å². The van der Waals surface area contributed by atoms with Crippen LogP contribution in [0.5, 0.6) is 5.75 Å². The maximum absolute atomic E-state index is 13.1. The maximum atomic E-state index is 13.1. The summed E-state index contributed by atoms with van der Waals surface area (Å²) in [6, 6.07) is 12.9. The first-order valence-electron chi connectivity index (χ1n) is 14.5. The van der Waals surface area contributed by atoms with E-state index in [0.29, 0.717) is 55.3 Å². The number of aliphatic carboxylic acids is 1. The van der Waals surface area contributed by atoms with Crippen LogP contribution in [-0.2, 0) is 27.3 Å². The van der Waals surface area contributed by atoms with Crippen LogP contribution in [0.4, 0.5) is 4.79 Å². The van der Waals surface area contributed by atoms with Gasteiger partial charge in [-0.1, -0.05) is 54.6 Å². The summed E-state index contributed by atoms with van der Waals surface area (Å²) in [6.07, 6.45) is 6.60. The van der Waals surface area contributed by atoms with E-state index in [9.17, 15) is 14.7 Å². The molecule has 226 valence electrons. The maximum Gasteiger partial charge on any atom is 0.333 e. The van der Waals surface area contributed by atoms with Crippen LogP contribution in [0.3, 0.4) is 0 Å². The van der Waals surface area contributed by atoms with Gasteiger partial charge < -0.3 is 29.5 Å². The van der Waals surface area contributed by atoms with Gasteiger partial charge in [0.1, 0.15) is 12.4 Å². The van der Waals surface area contributed by atoms with Crippen molar-refractivity contribution in [1.29, 1.82) is 0 Å². The molecule has 2 amide bonds. The average Bonchev–Trinajstić information content (AvgIpc) is 2.94. The van der Waals surface area contributed by atoms with E-state index in [2.05, 4.69) is 5.32 Å². The van der Waals surface area contributed by atoms with Crippen LogP contribution in [0.15, 0.2) is 42.5 Å². The number of carboxylic acid groups (broad SMARTS) is 1. The van der Waals surface area contributed by atoms with E-state index in [1.165, 1.54) is 6.42 Å². The fraction of sp³-hybridized carbons (Fsp3) is 0.548. The van der Waals surface area contributed by atoms with Crippen molar-refractivity contribution >= 4 is 35.2 Å². The molecule has 1 atom stereocenters. The van der Waals surface area contributed by atoms with Crippen LogP contribution in [-0.4, -0.2) is 67.1 Å². The van der Waals surface area contributed by atoms with Crippen LogP contribution in [0, 0.1) is 0 Å². The van der Waals surface area contributed by atoms with Crippen LogP contribution in [0.1, 0.15) is 63.0 Å². The number of benzene rings is 2. The number of nitrogens with one attached hydrogen (secondary N) is 1. The Morgan fingerprint density at radius 3 is 2.34 bits per heavy atom. The molecule has 0 radical (unpaired) electrons. The molecule has 1 saturated carbocycles. The third kappa shape index (κ3) is 12.5. The molecule has 1 fully saturated rings. The average molecular weight is 610 g/mol. The zero-order chi connectivity index (χ0) is 29.5. The van der Waals surface area contributed by atoms with E-state index in [4.69, 9.17) is 37.4 Å². The molecule has 2 aromatic carbocycles. The van der Waals surface area contributed by atoms with Crippen LogP contribution in [0.25, 0.3) is 0 Å². The van der Waals surface area contributed by atoms with Gasteiger partial charge in [-0.05, 0) is 74.1 Å². The molecule has 10 heteroatoms. The summed E-state index contributed by atoms with van der Waals surface area (Å²) in [7, 11) is 0. The molecule has 1 unspecified atom stereocenters. The van der Waals surface area contributed by atoms with E-state index in [1.54, 1.807) is 13.0 Å². The summed E-state index contributed by atoms with van der Waals surface area (Å²) >= 11 is 12.1. The van der Waals surface area contributed by atoms with Gasteiger partial charge in [0.2, 0.25) is 0 Å². The molecule has 0 aliphatic heterocycles. The molecule has 41 heavy (non-hydrogen) atoms. The number of amides is 2. The van der Waals surface area contributed by atoms with Crippen molar-refractivity contribution in [3.05, 3.63) is 63.6 Å². The van der Waals surface area contributed by atoms with Gasteiger partial charge in [-0.3, -0.25) is 0 Å². The Bertz CT molecular complexity index is 1060. The molecule has 0 spiro atoms. The van der Waals surface area contributed by atoms with Crippen molar-refractivity contribution in [2.45, 2.75) is 77.0 Å². The lowest BCUT2D eigenvalue weighted by atomic mass is 9.96. The number of nitrogens with zero attached hydrogens (tertiary/aromatic N) is 1. The second-order valence-corrected chi connectivity index (χ2v) is 11.2. The van der Waals surface area contributed by atoms with Crippen LogP contribution < -0.4 is 10.1 Å². The molecule has 0 saturated heterocycles. The number of carboxylic acids is 1. The molecule has 1 aliphatic rings. The second-order valence-electron chi connectivity index (χ2n) is 10.3. The number of halogens is 2. The molecule has 0 heterocycles. The third-order valence-electron chi connectivity index (χ3n) is 7.00. The van der Waals surface area contributed by atoms with E-state index >= 15 is 0 Å². The topological polar surface area (TPSA) is 97.3 Å². The minimum Gasteiger partial charge on any atom is -0.492 e. The lowest BCUT2D eigenvalue weighted by Gasteiger charge is -2.28. The minimum absolute atomic E-state index is 0.0547. The highest BCUT2D eigenvalue weighted by molar-refractivity contribution is 6.34. The molecule has 0 aromatic heterocycles. The Hall–Kier alpha value is -2.52. The molecule has 1 aliphatic carbocycles. The number of rotatable bonds is 17. The van der Waals surface area contributed by atoms with E-state index in [1.807, 2.05) is 41.3 Å². The fourth-order valence-electron chi connectivity index (χ4n) is 4.85.